The molecule has 1 aromatic rings. The third kappa shape index (κ3) is 4.90. The van der Waals surface area contributed by atoms with Gasteiger partial charge in [-0.2, -0.15) is 13.2 Å². The van der Waals surface area contributed by atoms with Crippen LogP contribution in [0.3, 0.4) is 0 Å². The van der Waals surface area contributed by atoms with E-state index < -0.39 is 11.7 Å². The lowest BCUT2D eigenvalue weighted by Gasteiger charge is -2.16. The lowest BCUT2D eigenvalue weighted by Crippen LogP contribution is -2.18. The number of hydrogen-bond acceptors (Lipinski definition) is 3. The van der Waals surface area contributed by atoms with Crippen LogP contribution in [0.5, 0.6) is 0 Å². The van der Waals surface area contributed by atoms with Gasteiger partial charge in [-0.1, -0.05) is 6.07 Å². The largest absolute Gasteiger partial charge is 0.417 e. The Hall–Kier alpha value is -0.720. The molecule has 1 aliphatic rings. The molecule has 6 heteroatoms. The monoisotopic (exact) mass is 319 g/mol. The van der Waals surface area contributed by atoms with Crippen molar-refractivity contribution in [3.8, 4) is 0 Å². The number of thioether (sulfide) groups is 1. The first-order chi connectivity index (χ1) is 9.86. The van der Waals surface area contributed by atoms with Crippen LogP contribution in [0.4, 0.5) is 13.2 Å². The molecule has 0 amide bonds. The molecule has 118 valence electrons. The molecule has 2 unspecified atom stereocenters. The highest BCUT2D eigenvalue weighted by Gasteiger charge is 2.34. The number of benzene rings is 1. The van der Waals surface area contributed by atoms with Crippen LogP contribution in [-0.4, -0.2) is 24.5 Å². The van der Waals surface area contributed by atoms with Gasteiger partial charge >= 0.3 is 6.18 Å². The van der Waals surface area contributed by atoms with Gasteiger partial charge in [0.05, 0.1) is 11.7 Å². The van der Waals surface area contributed by atoms with Crippen LogP contribution in [0.1, 0.15) is 30.9 Å². The molecule has 21 heavy (non-hydrogen) atoms. The summed E-state index contributed by atoms with van der Waals surface area (Å²) >= 11 is 1.22. The molecule has 0 aliphatic carbocycles. The molecule has 2 atom stereocenters. The first-order valence-corrected chi connectivity index (χ1v) is 8.05. The number of alkyl halides is 3. The molecule has 0 bridgehead atoms. The van der Waals surface area contributed by atoms with Crippen LogP contribution >= 0.6 is 11.8 Å². The molecule has 1 fully saturated rings. The second-order valence-corrected chi connectivity index (χ2v) is 6.52. The summed E-state index contributed by atoms with van der Waals surface area (Å²) in [6.45, 7) is 2.50. The van der Waals surface area contributed by atoms with Crippen molar-refractivity contribution >= 4 is 11.8 Å². The van der Waals surface area contributed by atoms with E-state index in [0.29, 0.717) is 24.3 Å². The molecule has 0 spiro atoms. The van der Waals surface area contributed by atoms with Crippen LogP contribution in [0, 0.1) is 0 Å². The molecule has 1 aliphatic heterocycles. The predicted octanol–water partition coefficient (Wildman–Crippen LogP) is 3.87. The van der Waals surface area contributed by atoms with Gasteiger partial charge in [-0.05, 0) is 43.9 Å². The maximum absolute atomic E-state index is 13.2. The summed E-state index contributed by atoms with van der Waals surface area (Å²) in [5.74, 6) is 0.565. The molecule has 2 N–H and O–H groups in total. The number of nitrogens with two attached hydrogens (primary N) is 1. The van der Waals surface area contributed by atoms with Crippen molar-refractivity contribution in [3.05, 3.63) is 29.3 Å². The molecule has 2 nitrogen and oxygen atoms in total. The lowest BCUT2D eigenvalue weighted by atomic mass is 10.0. The van der Waals surface area contributed by atoms with Crippen molar-refractivity contribution in [3.63, 3.8) is 0 Å². The molecule has 1 aromatic carbocycles. The Morgan fingerprint density at radius 3 is 2.76 bits per heavy atom. The van der Waals surface area contributed by atoms with E-state index in [4.69, 9.17) is 10.5 Å². The average molecular weight is 319 g/mol. The quantitative estimate of drug-likeness (QED) is 0.837. The van der Waals surface area contributed by atoms with Crippen LogP contribution in [-0.2, 0) is 17.3 Å². The zero-order chi connectivity index (χ0) is 15.5. The zero-order valence-corrected chi connectivity index (χ0v) is 12.8. The fraction of sp³-hybridized carbons (Fsp3) is 0.600. The minimum atomic E-state index is -4.34. The maximum atomic E-state index is 13.2. The van der Waals surface area contributed by atoms with E-state index in [1.54, 1.807) is 19.1 Å². The Kier molecular flexibility index (Phi) is 5.57. The van der Waals surface area contributed by atoms with Gasteiger partial charge in [0.2, 0.25) is 0 Å². The summed E-state index contributed by atoms with van der Waals surface area (Å²) in [4.78, 5) is 0.270. The van der Waals surface area contributed by atoms with E-state index in [1.807, 2.05) is 0 Å². The number of ether oxygens (including phenoxy) is 1. The molecule has 2 rings (SSSR count). The fourth-order valence-corrected chi connectivity index (χ4v) is 3.50. The minimum absolute atomic E-state index is 0.0693. The lowest BCUT2D eigenvalue weighted by molar-refractivity contribution is -0.139. The van der Waals surface area contributed by atoms with E-state index in [-0.39, 0.29) is 17.0 Å². The Morgan fingerprint density at radius 2 is 2.19 bits per heavy atom. The first-order valence-electron chi connectivity index (χ1n) is 7.06. The molecule has 0 radical (unpaired) electrons. The van der Waals surface area contributed by atoms with Gasteiger partial charge in [0.1, 0.15) is 0 Å². The summed E-state index contributed by atoms with van der Waals surface area (Å²) in [6.07, 6.45) is -1.91. The van der Waals surface area contributed by atoms with Crippen LogP contribution in [0.2, 0.25) is 0 Å². The van der Waals surface area contributed by atoms with Crippen molar-refractivity contribution < 1.29 is 17.9 Å². The van der Waals surface area contributed by atoms with E-state index in [1.165, 1.54) is 17.8 Å². The van der Waals surface area contributed by atoms with Gasteiger partial charge in [-0.3, -0.25) is 0 Å². The van der Waals surface area contributed by atoms with Gasteiger partial charge < -0.3 is 10.5 Å². The summed E-state index contributed by atoms with van der Waals surface area (Å²) in [6, 6.07) is 4.36. The Balaban J connectivity index is 2.14. The van der Waals surface area contributed by atoms with E-state index >= 15 is 0 Å². The molecule has 1 heterocycles. The summed E-state index contributed by atoms with van der Waals surface area (Å²) in [5.41, 5.74) is 5.72. The summed E-state index contributed by atoms with van der Waals surface area (Å²) < 4.78 is 45.0. The number of rotatable bonds is 5. The molecule has 0 aromatic heterocycles. The Bertz CT molecular complexity index is 470. The highest BCUT2D eigenvalue weighted by atomic mass is 32.2. The van der Waals surface area contributed by atoms with Crippen molar-refractivity contribution in [2.24, 2.45) is 5.73 Å². The smallest absolute Gasteiger partial charge is 0.377 e. The average Bonchev–Trinajstić information content (AvgIpc) is 2.88. The van der Waals surface area contributed by atoms with Crippen molar-refractivity contribution in [1.29, 1.82) is 0 Å². The minimum Gasteiger partial charge on any atom is -0.377 e. The highest BCUT2D eigenvalue weighted by Crippen LogP contribution is 2.38. The normalized spacial score (nSPS) is 20.7. The second kappa shape index (κ2) is 7.03. The van der Waals surface area contributed by atoms with Crippen molar-refractivity contribution in [1.82, 2.24) is 0 Å². The number of hydrogen-bond donors (Lipinski definition) is 1. The van der Waals surface area contributed by atoms with Gasteiger partial charge in [0.15, 0.2) is 0 Å². The van der Waals surface area contributed by atoms with Gasteiger partial charge in [0, 0.05) is 23.3 Å². The summed E-state index contributed by atoms with van der Waals surface area (Å²) in [7, 11) is 0. The standard InChI is InChI=1S/C15H20F3NOS/c1-10(19)7-11-4-5-14(13(8-11)15(16,17)18)21-9-12-3-2-6-20-12/h4-5,8,10,12H,2-3,6-7,9,19H2,1H3. The van der Waals surface area contributed by atoms with E-state index in [2.05, 4.69) is 0 Å². The van der Waals surface area contributed by atoms with Crippen molar-refractivity contribution in [2.75, 3.05) is 12.4 Å². The summed E-state index contributed by atoms with van der Waals surface area (Å²) in [5, 5.41) is 0. The zero-order valence-electron chi connectivity index (χ0n) is 12.0. The third-order valence-corrected chi connectivity index (χ3v) is 4.56. The van der Waals surface area contributed by atoms with Crippen LogP contribution in [0.25, 0.3) is 0 Å². The molecule has 0 saturated carbocycles. The van der Waals surface area contributed by atoms with Gasteiger partial charge in [-0.15, -0.1) is 11.8 Å². The fourth-order valence-electron chi connectivity index (χ4n) is 2.38. The van der Waals surface area contributed by atoms with E-state index in [0.717, 1.165) is 12.8 Å². The third-order valence-electron chi connectivity index (χ3n) is 3.36. The maximum Gasteiger partial charge on any atom is 0.417 e. The van der Waals surface area contributed by atoms with Crippen molar-refractivity contribution in [2.45, 2.75) is 49.4 Å². The first kappa shape index (κ1) is 16.6. The van der Waals surface area contributed by atoms with E-state index in [9.17, 15) is 13.2 Å². The molecule has 1 saturated heterocycles. The van der Waals surface area contributed by atoms with Crippen LogP contribution in [0.15, 0.2) is 23.1 Å². The van der Waals surface area contributed by atoms with Gasteiger partial charge in [0.25, 0.3) is 0 Å². The Labute approximate surface area is 127 Å². The molecular weight excluding hydrogens is 299 g/mol. The van der Waals surface area contributed by atoms with Crippen LogP contribution < -0.4 is 5.73 Å². The topological polar surface area (TPSA) is 35.2 Å². The van der Waals surface area contributed by atoms with Gasteiger partial charge in [-0.25, -0.2) is 0 Å². The highest BCUT2D eigenvalue weighted by molar-refractivity contribution is 7.99. The predicted molar refractivity (Wildman–Crippen MR) is 78.5 cm³/mol. The number of halogens is 3. The molecular formula is C15H20F3NOS. The second-order valence-electron chi connectivity index (χ2n) is 5.46. The SMILES string of the molecule is CC(N)Cc1ccc(SCC2CCCO2)c(C(F)(F)F)c1. The Morgan fingerprint density at radius 1 is 1.43 bits per heavy atom.